The standard InChI is InChI=1S/C9H12N4O3/c10-5-1-2-13(4-5)8(15)6-3-7(14)12-9(16)11-6/h3,5H,1-2,4,10H2,(H2,11,12,14,16)/t5-/m1/s1. The maximum Gasteiger partial charge on any atom is 0.326 e. The predicted octanol–water partition coefficient (Wildman–Crippen LogP) is -1.76. The zero-order valence-corrected chi connectivity index (χ0v) is 8.53. The summed E-state index contributed by atoms with van der Waals surface area (Å²) in [6.07, 6.45) is 0.735. The summed E-state index contributed by atoms with van der Waals surface area (Å²) < 4.78 is 0. The van der Waals surface area contributed by atoms with Gasteiger partial charge in [0, 0.05) is 25.2 Å². The smallest absolute Gasteiger partial charge is 0.326 e. The van der Waals surface area contributed by atoms with E-state index in [2.05, 4.69) is 4.98 Å². The number of hydrogen-bond donors (Lipinski definition) is 3. The molecule has 2 heterocycles. The molecule has 16 heavy (non-hydrogen) atoms. The van der Waals surface area contributed by atoms with Gasteiger partial charge in [-0.25, -0.2) is 4.79 Å². The molecule has 1 amide bonds. The Hall–Kier alpha value is -1.89. The number of nitrogens with two attached hydrogens (primary N) is 1. The monoisotopic (exact) mass is 224 g/mol. The normalized spacial score (nSPS) is 20.1. The fourth-order valence-corrected chi connectivity index (χ4v) is 1.73. The van der Waals surface area contributed by atoms with Gasteiger partial charge >= 0.3 is 5.69 Å². The number of carbonyl (C=O) groups is 1. The Bertz CT molecular complexity index is 490. The zero-order chi connectivity index (χ0) is 11.7. The molecule has 1 aromatic rings. The molecule has 86 valence electrons. The summed E-state index contributed by atoms with van der Waals surface area (Å²) in [5.74, 6) is -0.365. The lowest BCUT2D eigenvalue weighted by Gasteiger charge is -2.14. The van der Waals surface area contributed by atoms with Gasteiger partial charge in [-0.1, -0.05) is 0 Å². The minimum Gasteiger partial charge on any atom is -0.336 e. The third-order valence-electron chi connectivity index (χ3n) is 2.50. The number of carbonyl (C=O) groups excluding carboxylic acids is 1. The molecule has 0 bridgehead atoms. The van der Waals surface area contributed by atoms with Crippen molar-refractivity contribution in [2.45, 2.75) is 12.5 Å². The SMILES string of the molecule is N[C@@H]1CCN(C(=O)c2cc(=O)[nH]c(=O)[nH]2)C1. The Morgan fingerprint density at radius 1 is 1.44 bits per heavy atom. The molecule has 1 saturated heterocycles. The predicted molar refractivity (Wildman–Crippen MR) is 56.2 cm³/mol. The summed E-state index contributed by atoms with van der Waals surface area (Å²) in [6, 6.07) is 1.05. The van der Waals surface area contributed by atoms with E-state index in [9.17, 15) is 14.4 Å². The quantitative estimate of drug-likeness (QED) is 0.524. The number of rotatable bonds is 1. The summed E-state index contributed by atoms with van der Waals surface area (Å²) in [6.45, 7) is 1.00. The Kier molecular flexibility index (Phi) is 2.61. The molecule has 7 nitrogen and oxygen atoms in total. The molecule has 0 spiro atoms. The van der Waals surface area contributed by atoms with Gasteiger partial charge in [-0.05, 0) is 6.42 Å². The van der Waals surface area contributed by atoms with Gasteiger partial charge < -0.3 is 15.6 Å². The Labute approximate surface area is 90.3 Å². The van der Waals surface area contributed by atoms with E-state index in [0.717, 1.165) is 12.5 Å². The average molecular weight is 224 g/mol. The largest absolute Gasteiger partial charge is 0.336 e. The van der Waals surface area contributed by atoms with Crippen molar-refractivity contribution in [1.29, 1.82) is 0 Å². The molecule has 0 unspecified atom stereocenters. The molecular formula is C9H12N4O3. The van der Waals surface area contributed by atoms with Crippen LogP contribution in [-0.4, -0.2) is 39.9 Å². The third kappa shape index (κ3) is 2.03. The first-order valence-electron chi connectivity index (χ1n) is 4.95. The Morgan fingerprint density at radius 3 is 2.75 bits per heavy atom. The molecule has 1 aliphatic heterocycles. The lowest BCUT2D eigenvalue weighted by atomic mass is 10.3. The molecule has 1 atom stereocenters. The van der Waals surface area contributed by atoms with E-state index in [4.69, 9.17) is 5.73 Å². The number of aromatic amines is 2. The topological polar surface area (TPSA) is 112 Å². The molecule has 4 N–H and O–H groups in total. The van der Waals surface area contributed by atoms with Crippen molar-refractivity contribution >= 4 is 5.91 Å². The number of nitrogens with zero attached hydrogens (tertiary/aromatic N) is 1. The molecule has 0 saturated carbocycles. The van der Waals surface area contributed by atoms with Crippen molar-refractivity contribution in [3.8, 4) is 0 Å². The first-order valence-corrected chi connectivity index (χ1v) is 4.95. The minimum absolute atomic E-state index is 0.00264. The highest BCUT2D eigenvalue weighted by molar-refractivity contribution is 5.92. The molecule has 0 aliphatic carbocycles. The van der Waals surface area contributed by atoms with Crippen molar-refractivity contribution in [3.63, 3.8) is 0 Å². The Morgan fingerprint density at radius 2 is 2.19 bits per heavy atom. The van der Waals surface area contributed by atoms with Crippen LogP contribution < -0.4 is 17.0 Å². The minimum atomic E-state index is -0.681. The van der Waals surface area contributed by atoms with Crippen LogP contribution in [0.5, 0.6) is 0 Å². The maximum absolute atomic E-state index is 11.8. The van der Waals surface area contributed by atoms with E-state index < -0.39 is 11.2 Å². The van der Waals surface area contributed by atoms with E-state index >= 15 is 0 Å². The van der Waals surface area contributed by atoms with Gasteiger partial charge in [0.25, 0.3) is 11.5 Å². The van der Waals surface area contributed by atoms with E-state index in [1.807, 2.05) is 4.98 Å². The molecule has 2 rings (SSSR count). The van der Waals surface area contributed by atoms with Crippen LogP contribution in [0.4, 0.5) is 0 Å². The van der Waals surface area contributed by atoms with Gasteiger partial charge in [-0.3, -0.25) is 14.6 Å². The number of likely N-dealkylation sites (tertiary alicyclic amines) is 1. The van der Waals surface area contributed by atoms with E-state index in [1.165, 1.54) is 4.90 Å². The van der Waals surface area contributed by atoms with Crippen LogP contribution in [0.15, 0.2) is 15.7 Å². The summed E-state index contributed by atoms with van der Waals surface area (Å²) in [5.41, 5.74) is 4.40. The molecule has 1 fully saturated rings. The molecule has 1 aromatic heterocycles. The average Bonchev–Trinajstić information content (AvgIpc) is 2.62. The van der Waals surface area contributed by atoms with Gasteiger partial charge in [-0.2, -0.15) is 0 Å². The molecule has 0 aromatic carbocycles. The van der Waals surface area contributed by atoms with E-state index in [-0.39, 0.29) is 17.6 Å². The fourth-order valence-electron chi connectivity index (χ4n) is 1.73. The first-order chi connectivity index (χ1) is 7.56. The lowest BCUT2D eigenvalue weighted by molar-refractivity contribution is 0.0784. The molecular weight excluding hydrogens is 212 g/mol. The highest BCUT2D eigenvalue weighted by atomic mass is 16.2. The maximum atomic E-state index is 11.8. The first kappa shape index (κ1) is 10.6. The van der Waals surface area contributed by atoms with E-state index in [0.29, 0.717) is 13.1 Å². The van der Waals surface area contributed by atoms with Crippen molar-refractivity contribution in [2.24, 2.45) is 5.73 Å². The van der Waals surface area contributed by atoms with Crippen LogP contribution in [0.3, 0.4) is 0 Å². The van der Waals surface area contributed by atoms with Crippen LogP contribution in [0.1, 0.15) is 16.9 Å². The highest BCUT2D eigenvalue weighted by Gasteiger charge is 2.25. The fraction of sp³-hybridized carbons (Fsp3) is 0.444. The van der Waals surface area contributed by atoms with Crippen LogP contribution in [-0.2, 0) is 0 Å². The second-order valence-corrected chi connectivity index (χ2v) is 3.80. The second kappa shape index (κ2) is 3.93. The summed E-state index contributed by atoms with van der Waals surface area (Å²) in [4.78, 5) is 39.7. The van der Waals surface area contributed by atoms with Crippen molar-refractivity contribution in [2.75, 3.05) is 13.1 Å². The van der Waals surface area contributed by atoms with Gasteiger partial charge in [0.15, 0.2) is 0 Å². The number of aromatic nitrogens is 2. The van der Waals surface area contributed by atoms with Crippen LogP contribution >= 0.6 is 0 Å². The van der Waals surface area contributed by atoms with Crippen molar-refractivity contribution < 1.29 is 4.79 Å². The number of amides is 1. The van der Waals surface area contributed by atoms with Gasteiger partial charge in [0.1, 0.15) is 5.69 Å². The van der Waals surface area contributed by atoms with Crippen LogP contribution in [0.2, 0.25) is 0 Å². The summed E-state index contributed by atoms with van der Waals surface area (Å²) in [5, 5.41) is 0. The Balaban J connectivity index is 2.27. The number of nitrogens with one attached hydrogen (secondary N) is 2. The van der Waals surface area contributed by atoms with Gasteiger partial charge in [0.2, 0.25) is 0 Å². The highest BCUT2D eigenvalue weighted by Crippen LogP contribution is 2.09. The van der Waals surface area contributed by atoms with Gasteiger partial charge in [0.05, 0.1) is 0 Å². The zero-order valence-electron chi connectivity index (χ0n) is 8.53. The molecule has 1 aliphatic rings. The molecule has 0 radical (unpaired) electrons. The molecule has 7 heteroatoms. The van der Waals surface area contributed by atoms with Crippen LogP contribution in [0.25, 0.3) is 0 Å². The third-order valence-corrected chi connectivity index (χ3v) is 2.50. The van der Waals surface area contributed by atoms with Crippen LogP contribution in [0, 0.1) is 0 Å². The lowest BCUT2D eigenvalue weighted by Crippen LogP contribution is -2.35. The van der Waals surface area contributed by atoms with Crippen molar-refractivity contribution in [1.82, 2.24) is 14.9 Å². The summed E-state index contributed by atoms with van der Waals surface area (Å²) in [7, 11) is 0. The van der Waals surface area contributed by atoms with E-state index in [1.54, 1.807) is 0 Å². The number of H-pyrrole nitrogens is 2. The number of hydrogen-bond acceptors (Lipinski definition) is 4. The summed E-state index contributed by atoms with van der Waals surface area (Å²) >= 11 is 0. The van der Waals surface area contributed by atoms with Gasteiger partial charge in [-0.15, -0.1) is 0 Å². The second-order valence-electron chi connectivity index (χ2n) is 3.80. The van der Waals surface area contributed by atoms with Crippen molar-refractivity contribution in [3.05, 3.63) is 32.6 Å².